The highest BCUT2D eigenvalue weighted by Gasteiger charge is 2.23. The lowest BCUT2D eigenvalue weighted by Gasteiger charge is -2.19. The summed E-state index contributed by atoms with van der Waals surface area (Å²) in [5, 5.41) is 13.1. The van der Waals surface area contributed by atoms with E-state index in [1.165, 1.54) is 6.07 Å². The number of hydrogen-bond acceptors (Lipinski definition) is 6. The molecule has 0 saturated heterocycles. The summed E-state index contributed by atoms with van der Waals surface area (Å²) in [5.74, 6) is -1.35. The normalized spacial score (nSPS) is 11.7. The molecule has 2 amide bonds. The average Bonchev–Trinajstić information content (AvgIpc) is 3.27. The third-order valence-corrected chi connectivity index (χ3v) is 5.96. The van der Waals surface area contributed by atoms with Gasteiger partial charge in [-0.25, -0.2) is 4.79 Å². The molecule has 0 bridgehead atoms. The SMILES string of the molecule is CC(C)(C)OC(=O)c1n[nH]c2cc(NC(=O)c3cc(N)ccc3NC(=O)c3ccc(C(C)(C)C)cc3)ccc12. The van der Waals surface area contributed by atoms with Gasteiger partial charge in [0.2, 0.25) is 0 Å². The van der Waals surface area contributed by atoms with Gasteiger partial charge in [0.05, 0.1) is 16.8 Å². The van der Waals surface area contributed by atoms with E-state index in [-0.39, 0.29) is 22.6 Å². The van der Waals surface area contributed by atoms with Crippen molar-refractivity contribution in [1.82, 2.24) is 10.2 Å². The van der Waals surface area contributed by atoms with Gasteiger partial charge in [-0.15, -0.1) is 0 Å². The number of fused-ring (bicyclic) bond motifs is 1. The van der Waals surface area contributed by atoms with Crippen LogP contribution < -0.4 is 16.4 Å². The highest BCUT2D eigenvalue weighted by molar-refractivity contribution is 6.13. The zero-order chi connectivity index (χ0) is 28.5. The van der Waals surface area contributed by atoms with Crippen molar-refractivity contribution >= 4 is 45.7 Å². The number of amides is 2. The average molecular weight is 528 g/mol. The summed E-state index contributed by atoms with van der Waals surface area (Å²) in [6, 6.07) is 17.1. The first-order chi connectivity index (χ1) is 18.2. The van der Waals surface area contributed by atoms with Crippen LogP contribution in [0.4, 0.5) is 17.1 Å². The number of nitrogen functional groups attached to an aromatic ring is 1. The van der Waals surface area contributed by atoms with Gasteiger partial charge in [0.1, 0.15) is 5.60 Å². The summed E-state index contributed by atoms with van der Waals surface area (Å²) in [4.78, 5) is 38.7. The fourth-order valence-corrected chi connectivity index (χ4v) is 3.95. The minimum absolute atomic E-state index is 0.0340. The Balaban J connectivity index is 1.53. The number of anilines is 3. The quantitative estimate of drug-likeness (QED) is 0.188. The Morgan fingerprint density at radius 2 is 1.54 bits per heavy atom. The van der Waals surface area contributed by atoms with Gasteiger partial charge in [0.15, 0.2) is 5.69 Å². The molecule has 3 aromatic carbocycles. The molecule has 202 valence electrons. The molecule has 9 heteroatoms. The number of nitrogens with one attached hydrogen (secondary N) is 3. The molecule has 0 atom stereocenters. The molecule has 4 rings (SSSR count). The summed E-state index contributed by atoms with van der Waals surface area (Å²) in [6.45, 7) is 11.7. The molecule has 0 radical (unpaired) electrons. The molecule has 0 aliphatic heterocycles. The number of hydrogen-bond donors (Lipinski definition) is 4. The van der Waals surface area contributed by atoms with Gasteiger partial charge in [-0.1, -0.05) is 32.9 Å². The number of carbonyl (C=O) groups is 3. The molecule has 1 aromatic heterocycles. The van der Waals surface area contributed by atoms with Crippen molar-refractivity contribution < 1.29 is 19.1 Å². The zero-order valence-electron chi connectivity index (χ0n) is 22.9. The lowest BCUT2D eigenvalue weighted by atomic mass is 9.86. The molecule has 9 nitrogen and oxygen atoms in total. The number of H-pyrrole nitrogens is 1. The first-order valence-electron chi connectivity index (χ1n) is 12.6. The molecule has 0 spiro atoms. The zero-order valence-corrected chi connectivity index (χ0v) is 22.9. The van der Waals surface area contributed by atoms with Crippen LogP contribution in [0.15, 0.2) is 60.7 Å². The van der Waals surface area contributed by atoms with Crippen LogP contribution in [0.2, 0.25) is 0 Å². The molecule has 0 saturated carbocycles. The van der Waals surface area contributed by atoms with Gasteiger partial charge in [0, 0.05) is 22.3 Å². The maximum atomic E-state index is 13.2. The van der Waals surface area contributed by atoms with Crippen LogP contribution in [0.5, 0.6) is 0 Å². The molecule has 0 unspecified atom stereocenters. The van der Waals surface area contributed by atoms with Gasteiger partial charge < -0.3 is 21.1 Å². The number of aromatic nitrogens is 2. The maximum Gasteiger partial charge on any atom is 0.360 e. The molecule has 4 aromatic rings. The van der Waals surface area contributed by atoms with E-state index < -0.39 is 17.5 Å². The van der Waals surface area contributed by atoms with Crippen molar-refractivity contribution in [2.75, 3.05) is 16.4 Å². The number of ether oxygens (including phenoxy) is 1. The van der Waals surface area contributed by atoms with E-state index in [9.17, 15) is 14.4 Å². The van der Waals surface area contributed by atoms with Crippen LogP contribution in [-0.2, 0) is 10.2 Å². The number of aromatic amines is 1. The Bertz CT molecular complexity index is 1560. The summed E-state index contributed by atoms with van der Waals surface area (Å²) >= 11 is 0. The minimum Gasteiger partial charge on any atom is -0.455 e. The second-order valence-corrected chi connectivity index (χ2v) is 11.4. The van der Waals surface area contributed by atoms with E-state index in [0.717, 1.165) is 5.56 Å². The Morgan fingerprint density at radius 3 is 2.18 bits per heavy atom. The molecular weight excluding hydrogens is 494 g/mol. The fraction of sp³-hybridized carbons (Fsp3) is 0.267. The maximum absolute atomic E-state index is 13.2. The summed E-state index contributed by atoms with van der Waals surface area (Å²) < 4.78 is 5.41. The van der Waals surface area contributed by atoms with Crippen molar-refractivity contribution in [3.63, 3.8) is 0 Å². The molecule has 0 aliphatic rings. The van der Waals surface area contributed by atoms with Crippen LogP contribution in [0.3, 0.4) is 0 Å². The highest BCUT2D eigenvalue weighted by Crippen LogP contribution is 2.26. The van der Waals surface area contributed by atoms with E-state index in [1.54, 1.807) is 63.2 Å². The lowest BCUT2D eigenvalue weighted by molar-refractivity contribution is 0.00648. The van der Waals surface area contributed by atoms with Crippen LogP contribution >= 0.6 is 0 Å². The second kappa shape index (κ2) is 10.2. The Kier molecular flexibility index (Phi) is 7.19. The van der Waals surface area contributed by atoms with E-state index in [2.05, 4.69) is 41.6 Å². The molecular formula is C30H33N5O4. The van der Waals surface area contributed by atoms with E-state index in [0.29, 0.717) is 33.5 Å². The van der Waals surface area contributed by atoms with Crippen molar-refractivity contribution in [3.05, 3.63) is 83.0 Å². The first kappa shape index (κ1) is 27.4. The fourth-order valence-electron chi connectivity index (χ4n) is 3.95. The summed E-state index contributed by atoms with van der Waals surface area (Å²) in [7, 11) is 0. The second-order valence-electron chi connectivity index (χ2n) is 11.4. The largest absolute Gasteiger partial charge is 0.455 e. The molecule has 39 heavy (non-hydrogen) atoms. The Labute approximate surface area is 227 Å². The Hall–Kier alpha value is -4.66. The number of nitrogens with zero attached hydrogens (tertiary/aromatic N) is 1. The number of benzene rings is 3. The summed E-state index contributed by atoms with van der Waals surface area (Å²) in [6.07, 6.45) is 0. The third kappa shape index (κ3) is 6.43. The van der Waals surface area contributed by atoms with Gasteiger partial charge in [0.25, 0.3) is 11.8 Å². The predicted molar refractivity (Wildman–Crippen MR) is 153 cm³/mol. The van der Waals surface area contributed by atoms with Gasteiger partial charge in [-0.3, -0.25) is 14.7 Å². The predicted octanol–water partition coefficient (Wildman–Crippen LogP) is 5.90. The molecule has 0 fully saturated rings. The van der Waals surface area contributed by atoms with Crippen molar-refractivity contribution in [3.8, 4) is 0 Å². The molecule has 5 N–H and O–H groups in total. The monoisotopic (exact) mass is 527 g/mol. The van der Waals surface area contributed by atoms with E-state index in [4.69, 9.17) is 10.5 Å². The number of rotatable bonds is 5. The standard InChI is InChI=1S/C30H33N5O4/c1-29(2,3)18-9-7-17(8-10-18)26(36)33-23-14-11-19(31)15-22(23)27(37)32-20-12-13-21-24(16-20)34-35-25(21)28(38)39-30(4,5)6/h7-16H,31H2,1-6H3,(H,32,37)(H,33,36)(H,34,35). The van der Waals surface area contributed by atoms with Crippen molar-refractivity contribution in [2.24, 2.45) is 0 Å². The van der Waals surface area contributed by atoms with Crippen LogP contribution in [0, 0.1) is 0 Å². The van der Waals surface area contributed by atoms with Crippen LogP contribution in [0.25, 0.3) is 10.9 Å². The van der Waals surface area contributed by atoms with Crippen molar-refractivity contribution in [1.29, 1.82) is 0 Å². The summed E-state index contributed by atoms with van der Waals surface area (Å²) in [5.41, 5.74) is 8.92. The van der Waals surface area contributed by atoms with E-state index >= 15 is 0 Å². The van der Waals surface area contributed by atoms with Gasteiger partial charge in [-0.05, 0) is 80.3 Å². The van der Waals surface area contributed by atoms with Crippen molar-refractivity contribution in [2.45, 2.75) is 52.6 Å². The van der Waals surface area contributed by atoms with Crippen LogP contribution in [0.1, 0.15) is 78.3 Å². The smallest absolute Gasteiger partial charge is 0.360 e. The number of carbonyl (C=O) groups excluding carboxylic acids is 3. The number of nitrogens with two attached hydrogens (primary N) is 1. The van der Waals surface area contributed by atoms with E-state index in [1.807, 2.05) is 12.1 Å². The topological polar surface area (TPSA) is 139 Å². The first-order valence-corrected chi connectivity index (χ1v) is 12.6. The highest BCUT2D eigenvalue weighted by atomic mass is 16.6. The molecule has 0 aliphatic carbocycles. The molecule has 1 heterocycles. The third-order valence-electron chi connectivity index (χ3n) is 5.96. The minimum atomic E-state index is -0.656. The Morgan fingerprint density at radius 1 is 0.846 bits per heavy atom. The number of esters is 1. The van der Waals surface area contributed by atoms with Gasteiger partial charge >= 0.3 is 5.97 Å². The lowest BCUT2D eigenvalue weighted by Crippen LogP contribution is -2.24. The van der Waals surface area contributed by atoms with Gasteiger partial charge in [-0.2, -0.15) is 5.10 Å². The van der Waals surface area contributed by atoms with Crippen LogP contribution in [-0.4, -0.2) is 33.6 Å².